The minimum atomic E-state index is -1.29. The van der Waals surface area contributed by atoms with Crippen LogP contribution in [0.15, 0.2) is 0 Å². The number of aliphatic carboxylic acids is 1. The van der Waals surface area contributed by atoms with E-state index in [9.17, 15) is 9.59 Å². The summed E-state index contributed by atoms with van der Waals surface area (Å²) >= 11 is 0. The molecule has 3 N–H and O–H groups in total. The van der Waals surface area contributed by atoms with Gasteiger partial charge in [-0.15, -0.1) is 6.42 Å². The van der Waals surface area contributed by atoms with Crippen molar-refractivity contribution >= 4 is 12.0 Å². The molecule has 6 nitrogen and oxygen atoms in total. The van der Waals surface area contributed by atoms with Crippen LogP contribution in [0, 0.1) is 18.3 Å². The topological polar surface area (TPSA) is 89.9 Å². The van der Waals surface area contributed by atoms with Crippen molar-refractivity contribution in [3.05, 3.63) is 0 Å². The number of terminal acetylenes is 1. The van der Waals surface area contributed by atoms with Gasteiger partial charge in [-0.25, -0.2) is 9.59 Å². The predicted molar refractivity (Wildman–Crippen MR) is 60.2 cm³/mol. The number of hydrogen-bond acceptors (Lipinski definition) is 3. The zero-order valence-corrected chi connectivity index (χ0v) is 9.43. The number of carboxylic acid groups (broad SMARTS) is 1. The van der Waals surface area contributed by atoms with Crippen LogP contribution in [-0.4, -0.2) is 52.9 Å². The van der Waals surface area contributed by atoms with Gasteiger partial charge in [0.05, 0.1) is 13.2 Å². The summed E-state index contributed by atoms with van der Waals surface area (Å²) in [4.78, 5) is 23.8. The van der Waals surface area contributed by atoms with Gasteiger partial charge >= 0.3 is 12.0 Å². The molecule has 17 heavy (non-hydrogen) atoms. The second-order valence-electron chi connectivity index (χ2n) is 4.05. The van der Waals surface area contributed by atoms with Crippen molar-refractivity contribution in [2.75, 3.05) is 19.7 Å². The number of aliphatic hydroxyl groups is 1. The lowest BCUT2D eigenvalue weighted by molar-refractivity contribution is -0.140. The van der Waals surface area contributed by atoms with Crippen LogP contribution in [0.2, 0.25) is 0 Å². The van der Waals surface area contributed by atoms with Crippen molar-refractivity contribution in [2.24, 2.45) is 5.92 Å². The smallest absolute Gasteiger partial charge is 0.328 e. The maximum Gasteiger partial charge on any atom is 0.328 e. The molecule has 0 aromatic carbocycles. The number of nitrogens with zero attached hydrogens (tertiary/aromatic N) is 1. The maximum atomic E-state index is 11.7. The molecule has 94 valence electrons. The third kappa shape index (κ3) is 4.33. The van der Waals surface area contributed by atoms with Crippen LogP contribution < -0.4 is 5.32 Å². The van der Waals surface area contributed by atoms with Gasteiger partial charge in [0.15, 0.2) is 6.04 Å². The molecule has 0 bridgehead atoms. The molecule has 0 radical (unpaired) electrons. The summed E-state index contributed by atoms with van der Waals surface area (Å²) in [6.45, 7) is 0.0301. The first-order valence-corrected chi connectivity index (χ1v) is 5.41. The zero-order chi connectivity index (χ0) is 12.8. The molecule has 1 rings (SSSR count). The van der Waals surface area contributed by atoms with Gasteiger partial charge in [-0.05, 0) is 18.8 Å². The molecule has 1 atom stereocenters. The van der Waals surface area contributed by atoms with Crippen LogP contribution in [0.25, 0.3) is 0 Å². The van der Waals surface area contributed by atoms with E-state index in [0.717, 1.165) is 12.8 Å². The van der Waals surface area contributed by atoms with E-state index < -0.39 is 24.6 Å². The summed E-state index contributed by atoms with van der Waals surface area (Å²) in [7, 11) is 0. The summed E-state index contributed by atoms with van der Waals surface area (Å²) in [6.07, 6.45) is 7.28. The Bertz CT molecular complexity index is 333. The second-order valence-corrected chi connectivity index (χ2v) is 4.05. The summed E-state index contributed by atoms with van der Waals surface area (Å²) in [6, 6.07) is -1.83. The maximum absolute atomic E-state index is 11.7. The molecule has 0 aromatic rings. The van der Waals surface area contributed by atoms with Gasteiger partial charge in [-0.1, -0.05) is 5.92 Å². The average molecular weight is 240 g/mol. The number of urea groups is 1. The van der Waals surface area contributed by atoms with E-state index in [1.54, 1.807) is 0 Å². The van der Waals surface area contributed by atoms with Crippen molar-refractivity contribution in [1.82, 2.24) is 10.2 Å². The normalized spacial score (nSPS) is 15.8. The van der Waals surface area contributed by atoms with E-state index in [0.29, 0.717) is 12.5 Å². The lowest BCUT2D eigenvalue weighted by atomic mass is 10.3. The molecule has 0 spiro atoms. The highest BCUT2D eigenvalue weighted by Crippen LogP contribution is 2.29. The Morgan fingerprint density at radius 3 is 2.59 bits per heavy atom. The Balaban J connectivity index is 2.51. The zero-order valence-electron chi connectivity index (χ0n) is 9.43. The van der Waals surface area contributed by atoms with Crippen LogP contribution in [0.3, 0.4) is 0 Å². The van der Waals surface area contributed by atoms with Gasteiger partial charge in [0.1, 0.15) is 0 Å². The summed E-state index contributed by atoms with van der Waals surface area (Å²) in [5.74, 6) is 1.55. The van der Waals surface area contributed by atoms with E-state index in [2.05, 4.69) is 11.2 Å². The highest BCUT2D eigenvalue weighted by molar-refractivity contribution is 5.82. The van der Waals surface area contributed by atoms with Gasteiger partial charge in [-0.3, -0.25) is 0 Å². The molecule has 1 saturated carbocycles. The molecular formula is C11H16N2O4. The molecular weight excluding hydrogens is 224 g/mol. The standard InChI is InChI=1S/C11H16N2O4/c1-2-5-13(6-8-3-4-8)11(17)12-9(7-14)10(15)16/h1,8-9,14H,3-7H2,(H,12,17)(H,15,16). The first-order chi connectivity index (χ1) is 8.08. The van der Waals surface area contributed by atoms with Crippen LogP contribution >= 0.6 is 0 Å². The number of aliphatic hydroxyl groups excluding tert-OH is 1. The first kappa shape index (κ1) is 13.3. The summed E-state index contributed by atoms with van der Waals surface area (Å²) in [5.41, 5.74) is 0. The molecule has 1 aliphatic carbocycles. The molecule has 2 amide bonds. The van der Waals surface area contributed by atoms with Crippen molar-refractivity contribution in [2.45, 2.75) is 18.9 Å². The van der Waals surface area contributed by atoms with E-state index in [-0.39, 0.29) is 6.54 Å². The molecule has 0 heterocycles. The predicted octanol–water partition coefficient (Wildman–Crippen LogP) is -0.513. The molecule has 1 unspecified atom stereocenters. The number of nitrogens with one attached hydrogen (secondary N) is 1. The quantitative estimate of drug-likeness (QED) is 0.545. The number of rotatable bonds is 6. The van der Waals surface area contributed by atoms with Gasteiger partial charge < -0.3 is 20.4 Å². The Labute approximate surface area is 99.6 Å². The highest BCUT2D eigenvalue weighted by atomic mass is 16.4. The highest BCUT2D eigenvalue weighted by Gasteiger charge is 2.28. The third-order valence-electron chi connectivity index (χ3n) is 2.52. The Morgan fingerprint density at radius 2 is 2.18 bits per heavy atom. The van der Waals surface area contributed by atoms with Crippen molar-refractivity contribution < 1.29 is 19.8 Å². The molecule has 1 fully saturated rings. The second kappa shape index (κ2) is 6.11. The fourth-order valence-electron chi connectivity index (χ4n) is 1.37. The largest absolute Gasteiger partial charge is 0.480 e. The minimum absolute atomic E-state index is 0.139. The van der Waals surface area contributed by atoms with Crippen molar-refractivity contribution in [3.8, 4) is 12.3 Å². The van der Waals surface area contributed by atoms with Crippen molar-refractivity contribution in [3.63, 3.8) is 0 Å². The van der Waals surface area contributed by atoms with Crippen molar-refractivity contribution in [1.29, 1.82) is 0 Å². The van der Waals surface area contributed by atoms with E-state index in [1.807, 2.05) is 0 Å². The fraction of sp³-hybridized carbons (Fsp3) is 0.636. The Kier molecular flexibility index (Phi) is 4.79. The fourth-order valence-corrected chi connectivity index (χ4v) is 1.37. The Hall–Kier alpha value is -1.74. The lowest BCUT2D eigenvalue weighted by Gasteiger charge is -2.22. The van der Waals surface area contributed by atoms with Crippen LogP contribution in [0.5, 0.6) is 0 Å². The van der Waals surface area contributed by atoms with Gasteiger partial charge in [0.2, 0.25) is 0 Å². The number of carbonyl (C=O) groups is 2. The summed E-state index contributed by atoms with van der Waals surface area (Å²) in [5, 5.41) is 19.7. The van der Waals surface area contributed by atoms with Crippen LogP contribution in [-0.2, 0) is 4.79 Å². The SMILES string of the molecule is C#CCN(CC1CC1)C(=O)NC(CO)C(=O)O. The monoisotopic (exact) mass is 240 g/mol. The minimum Gasteiger partial charge on any atom is -0.480 e. The Morgan fingerprint density at radius 1 is 1.53 bits per heavy atom. The molecule has 6 heteroatoms. The van der Waals surface area contributed by atoms with Crippen LogP contribution in [0.4, 0.5) is 4.79 Å². The molecule has 0 aromatic heterocycles. The van der Waals surface area contributed by atoms with Gasteiger partial charge in [0.25, 0.3) is 0 Å². The molecule has 0 saturated heterocycles. The van der Waals surface area contributed by atoms with E-state index in [4.69, 9.17) is 16.6 Å². The van der Waals surface area contributed by atoms with Gasteiger partial charge in [-0.2, -0.15) is 0 Å². The first-order valence-electron chi connectivity index (χ1n) is 5.41. The summed E-state index contributed by atoms with van der Waals surface area (Å²) < 4.78 is 0. The average Bonchev–Trinajstić information content (AvgIpc) is 3.08. The number of amides is 2. The van der Waals surface area contributed by atoms with E-state index >= 15 is 0 Å². The molecule has 0 aliphatic heterocycles. The van der Waals surface area contributed by atoms with Gasteiger partial charge in [0, 0.05) is 6.54 Å². The van der Waals surface area contributed by atoms with E-state index in [1.165, 1.54) is 4.90 Å². The lowest BCUT2D eigenvalue weighted by Crippen LogP contribution is -2.50. The number of carboxylic acids is 1. The number of carbonyl (C=O) groups excluding carboxylic acids is 1. The van der Waals surface area contributed by atoms with Crippen LogP contribution in [0.1, 0.15) is 12.8 Å². The number of hydrogen-bond donors (Lipinski definition) is 3. The molecule has 1 aliphatic rings. The third-order valence-corrected chi connectivity index (χ3v) is 2.52.